The first-order valence-corrected chi connectivity index (χ1v) is 10.1. The number of carboxylic acid groups (broad SMARTS) is 1. The number of nitrogens with one attached hydrogen (secondary N) is 2. The molecule has 0 atom stereocenters. The number of carbonyl (C=O) groups is 1. The van der Waals surface area contributed by atoms with Crippen molar-refractivity contribution in [2.75, 3.05) is 5.32 Å². The van der Waals surface area contributed by atoms with E-state index in [4.69, 9.17) is 0 Å². The molecule has 0 spiro atoms. The van der Waals surface area contributed by atoms with E-state index in [9.17, 15) is 18.3 Å². The van der Waals surface area contributed by atoms with Crippen LogP contribution in [0.5, 0.6) is 0 Å². The molecule has 0 unspecified atom stereocenters. The van der Waals surface area contributed by atoms with Crippen LogP contribution in [0.4, 0.5) is 5.69 Å². The van der Waals surface area contributed by atoms with Gasteiger partial charge < -0.3 is 10.4 Å². The molecule has 1 aromatic rings. The molecular weight excluding hydrogens is 328 g/mol. The van der Waals surface area contributed by atoms with Crippen LogP contribution < -0.4 is 10.0 Å². The third-order valence-electron chi connectivity index (χ3n) is 4.63. The van der Waals surface area contributed by atoms with Crippen molar-refractivity contribution in [1.29, 1.82) is 0 Å². The summed E-state index contributed by atoms with van der Waals surface area (Å²) < 4.78 is 28.5. The van der Waals surface area contributed by atoms with E-state index in [-0.39, 0.29) is 22.5 Å². The van der Waals surface area contributed by atoms with Gasteiger partial charge >= 0.3 is 5.97 Å². The molecule has 132 valence electrons. The van der Waals surface area contributed by atoms with Crippen molar-refractivity contribution < 1.29 is 18.3 Å². The molecule has 0 amide bonds. The highest BCUT2D eigenvalue weighted by atomic mass is 32.2. The van der Waals surface area contributed by atoms with Gasteiger partial charge in [-0.25, -0.2) is 17.9 Å². The Morgan fingerprint density at radius 3 is 2.25 bits per heavy atom. The Morgan fingerprint density at radius 1 is 1.00 bits per heavy atom. The van der Waals surface area contributed by atoms with E-state index < -0.39 is 16.0 Å². The molecule has 3 N–H and O–H groups in total. The van der Waals surface area contributed by atoms with Gasteiger partial charge in [-0.3, -0.25) is 0 Å². The summed E-state index contributed by atoms with van der Waals surface area (Å²) in [5.41, 5.74) is 0.473. The highest BCUT2D eigenvalue weighted by molar-refractivity contribution is 7.89. The number of carboxylic acids is 1. The molecule has 0 aromatic heterocycles. The first-order valence-electron chi connectivity index (χ1n) is 8.62. The van der Waals surface area contributed by atoms with Gasteiger partial charge in [0.05, 0.1) is 11.3 Å². The Labute approximate surface area is 142 Å². The Bertz CT molecular complexity index is 705. The van der Waals surface area contributed by atoms with Gasteiger partial charge in [-0.2, -0.15) is 0 Å². The van der Waals surface area contributed by atoms with E-state index in [1.807, 2.05) is 0 Å². The third kappa shape index (κ3) is 4.27. The zero-order valence-electron chi connectivity index (χ0n) is 13.6. The first-order chi connectivity index (χ1) is 11.5. The van der Waals surface area contributed by atoms with Crippen LogP contribution in [0.3, 0.4) is 0 Å². The summed E-state index contributed by atoms with van der Waals surface area (Å²) in [4.78, 5) is 11.3. The second-order valence-electron chi connectivity index (χ2n) is 6.74. The molecule has 3 rings (SSSR count). The van der Waals surface area contributed by atoms with Crippen LogP contribution in [-0.2, 0) is 10.0 Å². The van der Waals surface area contributed by atoms with Crippen LogP contribution in [-0.4, -0.2) is 31.6 Å². The topological polar surface area (TPSA) is 95.5 Å². The van der Waals surface area contributed by atoms with E-state index in [0.717, 1.165) is 51.4 Å². The number of benzene rings is 1. The van der Waals surface area contributed by atoms with Gasteiger partial charge in [-0.05, 0) is 43.9 Å². The van der Waals surface area contributed by atoms with Gasteiger partial charge in [-0.15, -0.1) is 0 Å². The monoisotopic (exact) mass is 352 g/mol. The largest absolute Gasteiger partial charge is 0.478 e. The second kappa shape index (κ2) is 7.11. The normalized spacial score (nSPS) is 19.7. The van der Waals surface area contributed by atoms with Crippen molar-refractivity contribution in [3.63, 3.8) is 0 Å². The van der Waals surface area contributed by atoms with Crippen molar-refractivity contribution in [1.82, 2.24) is 4.72 Å². The number of anilines is 1. The van der Waals surface area contributed by atoms with Gasteiger partial charge in [-0.1, -0.05) is 25.7 Å². The molecule has 2 fully saturated rings. The molecule has 0 saturated heterocycles. The van der Waals surface area contributed by atoms with Crippen molar-refractivity contribution >= 4 is 21.7 Å². The van der Waals surface area contributed by atoms with Crippen molar-refractivity contribution in [2.45, 2.75) is 68.3 Å². The molecule has 2 saturated carbocycles. The van der Waals surface area contributed by atoms with Crippen molar-refractivity contribution in [3.8, 4) is 0 Å². The van der Waals surface area contributed by atoms with E-state index in [2.05, 4.69) is 10.0 Å². The van der Waals surface area contributed by atoms with Crippen molar-refractivity contribution in [3.05, 3.63) is 23.8 Å². The maximum atomic E-state index is 12.9. The Balaban J connectivity index is 1.88. The summed E-state index contributed by atoms with van der Waals surface area (Å²) in [7, 11) is -3.76. The van der Waals surface area contributed by atoms with Crippen LogP contribution in [0, 0.1) is 0 Å². The molecule has 0 radical (unpaired) electrons. The lowest BCUT2D eigenvalue weighted by molar-refractivity contribution is 0.0696. The van der Waals surface area contributed by atoms with E-state index in [0.29, 0.717) is 5.69 Å². The fourth-order valence-electron chi connectivity index (χ4n) is 3.12. The van der Waals surface area contributed by atoms with Crippen molar-refractivity contribution in [2.24, 2.45) is 0 Å². The number of sulfonamides is 1. The van der Waals surface area contributed by atoms with E-state index >= 15 is 0 Å². The molecule has 1 aromatic carbocycles. The maximum absolute atomic E-state index is 12.9. The molecule has 0 bridgehead atoms. The highest BCUT2D eigenvalue weighted by Gasteiger charge is 2.28. The Hall–Kier alpha value is -1.60. The SMILES string of the molecule is O=C(O)c1ccc(NC2CC2)c(S(=O)(=O)NC2CCCCCC2)c1. The minimum Gasteiger partial charge on any atom is -0.478 e. The highest BCUT2D eigenvalue weighted by Crippen LogP contribution is 2.30. The lowest BCUT2D eigenvalue weighted by Crippen LogP contribution is -2.35. The Morgan fingerprint density at radius 2 is 1.67 bits per heavy atom. The smallest absolute Gasteiger partial charge is 0.335 e. The van der Waals surface area contributed by atoms with Crippen LogP contribution in [0.1, 0.15) is 61.7 Å². The minimum atomic E-state index is -3.76. The first kappa shape index (κ1) is 17.2. The predicted octanol–water partition coefficient (Wildman–Crippen LogP) is 2.96. The van der Waals surface area contributed by atoms with E-state index in [1.165, 1.54) is 12.1 Å². The van der Waals surface area contributed by atoms with Gasteiger partial charge in [0.25, 0.3) is 0 Å². The van der Waals surface area contributed by atoms with Crippen LogP contribution in [0.2, 0.25) is 0 Å². The second-order valence-corrected chi connectivity index (χ2v) is 8.43. The summed E-state index contributed by atoms with van der Waals surface area (Å²) in [6.07, 6.45) is 8.02. The summed E-state index contributed by atoms with van der Waals surface area (Å²) in [5.74, 6) is -1.13. The third-order valence-corrected chi connectivity index (χ3v) is 6.19. The average molecular weight is 352 g/mol. The lowest BCUT2D eigenvalue weighted by Gasteiger charge is -2.19. The molecule has 2 aliphatic carbocycles. The van der Waals surface area contributed by atoms with Gasteiger partial charge in [0, 0.05) is 12.1 Å². The molecule has 0 aliphatic heterocycles. The molecular formula is C17H24N2O4S. The maximum Gasteiger partial charge on any atom is 0.335 e. The average Bonchev–Trinajstić information content (AvgIpc) is 3.35. The van der Waals surface area contributed by atoms with Crippen LogP contribution >= 0.6 is 0 Å². The number of aromatic carboxylic acids is 1. The van der Waals surface area contributed by atoms with E-state index in [1.54, 1.807) is 6.07 Å². The number of hydrogen-bond acceptors (Lipinski definition) is 4. The molecule has 24 heavy (non-hydrogen) atoms. The van der Waals surface area contributed by atoms with Crippen LogP contribution in [0.15, 0.2) is 23.1 Å². The fourth-order valence-corrected chi connectivity index (χ4v) is 4.62. The van der Waals surface area contributed by atoms with Crippen LogP contribution in [0.25, 0.3) is 0 Å². The summed E-state index contributed by atoms with van der Waals surface area (Å²) in [6.45, 7) is 0. The number of hydrogen-bond donors (Lipinski definition) is 3. The number of rotatable bonds is 6. The summed E-state index contributed by atoms with van der Waals surface area (Å²) in [5, 5.41) is 12.4. The van der Waals surface area contributed by atoms with Gasteiger partial charge in [0.2, 0.25) is 10.0 Å². The summed E-state index contributed by atoms with van der Waals surface area (Å²) in [6, 6.07) is 4.47. The standard InChI is InChI=1S/C17H24N2O4S/c20-17(21)12-7-10-15(18-13-8-9-13)16(11-12)24(22,23)19-14-5-3-1-2-4-6-14/h7,10-11,13-14,18-19H,1-6,8-9H2,(H,20,21). The minimum absolute atomic E-state index is 0.0161. The molecule has 2 aliphatic rings. The molecule has 0 heterocycles. The molecule has 6 nitrogen and oxygen atoms in total. The zero-order valence-corrected chi connectivity index (χ0v) is 14.4. The summed E-state index contributed by atoms with van der Waals surface area (Å²) >= 11 is 0. The predicted molar refractivity (Wildman–Crippen MR) is 91.9 cm³/mol. The van der Waals surface area contributed by atoms with Gasteiger partial charge in [0.15, 0.2) is 0 Å². The Kier molecular flexibility index (Phi) is 5.10. The lowest BCUT2D eigenvalue weighted by atomic mass is 10.1. The molecule has 7 heteroatoms. The quantitative estimate of drug-likeness (QED) is 0.684. The zero-order chi connectivity index (χ0) is 17.2. The fraction of sp³-hybridized carbons (Fsp3) is 0.588. The van der Waals surface area contributed by atoms with Gasteiger partial charge in [0.1, 0.15) is 4.90 Å².